The topological polar surface area (TPSA) is 145 Å². The number of halogens is 1. The summed E-state index contributed by atoms with van der Waals surface area (Å²) in [5, 5.41) is 32.9. The van der Waals surface area contributed by atoms with E-state index in [2.05, 4.69) is 36.2 Å². The van der Waals surface area contributed by atoms with E-state index in [4.69, 9.17) is 19.5 Å². The zero-order chi connectivity index (χ0) is 28.2. The minimum atomic E-state index is -0.921. The molecule has 40 heavy (non-hydrogen) atoms. The van der Waals surface area contributed by atoms with Gasteiger partial charge in [-0.3, -0.25) is 0 Å². The van der Waals surface area contributed by atoms with Crippen LogP contribution in [0.3, 0.4) is 0 Å². The van der Waals surface area contributed by atoms with Crippen molar-refractivity contribution < 1.29 is 24.1 Å². The van der Waals surface area contributed by atoms with Crippen LogP contribution in [0.2, 0.25) is 0 Å². The first-order valence-corrected chi connectivity index (χ1v) is 14.1. The number of phenols is 1. The number of rotatable bonds is 7. The van der Waals surface area contributed by atoms with Crippen LogP contribution in [0.25, 0.3) is 21.6 Å². The Hall–Kier alpha value is -4.45. The first-order chi connectivity index (χ1) is 19.4. The average Bonchev–Trinajstić information content (AvgIpc) is 3.56. The highest BCUT2D eigenvalue weighted by atomic mass is 79.9. The number of thioether (sulfide) groups is 1. The molecule has 11 nitrogen and oxygen atoms in total. The Morgan fingerprint density at radius 2 is 1.90 bits per heavy atom. The monoisotopic (exact) mass is 636 g/mol. The lowest BCUT2D eigenvalue weighted by molar-refractivity contribution is 0.152. The van der Waals surface area contributed by atoms with Crippen LogP contribution in [0.5, 0.6) is 23.0 Å². The lowest BCUT2D eigenvalue weighted by atomic mass is 10.2. The summed E-state index contributed by atoms with van der Waals surface area (Å²) in [5.41, 5.74) is 1.91. The molecule has 2 aromatic heterocycles. The van der Waals surface area contributed by atoms with Gasteiger partial charge in [0.2, 0.25) is 5.16 Å². The number of carbonyl (C=O) groups is 1. The number of fused-ring (bicyclic) bond motifs is 1. The Balaban J connectivity index is 1.32. The summed E-state index contributed by atoms with van der Waals surface area (Å²) in [4.78, 5) is 16.5. The van der Waals surface area contributed by atoms with Crippen LogP contribution in [0.4, 0.5) is 4.79 Å². The normalized spacial score (nSPS) is 11.1. The lowest BCUT2D eigenvalue weighted by Gasteiger charge is -2.08. The number of nitrogens with zero attached hydrogens (tertiary/aromatic N) is 6. The van der Waals surface area contributed by atoms with Gasteiger partial charge in [0.1, 0.15) is 17.6 Å². The van der Waals surface area contributed by atoms with Gasteiger partial charge < -0.3 is 19.3 Å². The fourth-order valence-corrected chi connectivity index (χ4v) is 5.13. The van der Waals surface area contributed by atoms with Crippen LogP contribution in [0.1, 0.15) is 10.6 Å². The first kappa shape index (κ1) is 27.1. The van der Waals surface area contributed by atoms with E-state index in [0.29, 0.717) is 42.9 Å². The van der Waals surface area contributed by atoms with Crippen molar-refractivity contribution in [2.75, 3.05) is 13.4 Å². The SMILES string of the molecule is COc1cc(/C=N/n2c(SC)nnc2-c2ccc(OC(=O)Oc3ccc4sc(C#N)nc4c3)cc2)c(Br)cc1O. The van der Waals surface area contributed by atoms with Crippen LogP contribution in [0.15, 0.2) is 69.3 Å². The summed E-state index contributed by atoms with van der Waals surface area (Å²) in [6.07, 6.45) is 2.53. The van der Waals surface area contributed by atoms with Gasteiger partial charge in [0.15, 0.2) is 22.3 Å². The van der Waals surface area contributed by atoms with Gasteiger partial charge in [-0.2, -0.15) is 15.0 Å². The molecule has 1 N–H and O–H groups in total. The fraction of sp³-hybridized carbons (Fsp3) is 0.0769. The molecule has 5 rings (SSSR count). The number of ether oxygens (including phenoxy) is 3. The number of methoxy groups -OCH3 is 1. The maximum Gasteiger partial charge on any atom is 0.519 e. The number of nitriles is 1. The molecule has 0 spiro atoms. The quantitative estimate of drug-likeness (QED) is 0.0964. The third-order valence-electron chi connectivity index (χ3n) is 5.37. The van der Waals surface area contributed by atoms with Crippen molar-refractivity contribution in [2.45, 2.75) is 5.16 Å². The zero-order valence-corrected chi connectivity index (χ0v) is 24.0. The molecule has 0 fully saturated rings. The number of aromatic nitrogens is 4. The van der Waals surface area contributed by atoms with Crippen LogP contribution in [-0.4, -0.2) is 50.7 Å². The third kappa shape index (κ3) is 5.76. The standard InChI is InChI=1S/C26H17BrN6O5S2/c1-36-21-9-15(18(27)11-20(21)34)13-29-33-24(31-32-25(33)39-2)14-3-5-16(6-4-14)37-26(35)38-17-7-8-22-19(10-17)30-23(12-28)40-22/h3-11,13,34H,1-2H3/b29-13+. The predicted molar refractivity (Wildman–Crippen MR) is 154 cm³/mol. The van der Waals surface area contributed by atoms with Crippen molar-refractivity contribution in [1.29, 1.82) is 5.26 Å². The summed E-state index contributed by atoms with van der Waals surface area (Å²) in [6.45, 7) is 0. The van der Waals surface area contributed by atoms with Crippen molar-refractivity contribution in [3.63, 3.8) is 0 Å². The molecule has 5 aromatic rings. The van der Waals surface area contributed by atoms with E-state index < -0.39 is 6.16 Å². The molecule has 0 aliphatic rings. The second-order valence-corrected chi connectivity index (χ2v) is 10.5. The van der Waals surface area contributed by atoms with Gasteiger partial charge in [0.25, 0.3) is 0 Å². The summed E-state index contributed by atoms with van der Waals surface area (Å²) in [5.74, 6) is 1.28. The second-order valence-electron chi connectivity index (χ2n) is 7.85. The maximum absolute atomic E-state index is 12.4. The summed E-state index contributed by atoms with van der Waals surface area (Å²) in [6, 6.07) is 16.7. The molecule has 2 heterocycles. The van der Waals surface area contributed by atoms with Gasteiger partial charge in [-0.25, -0.2) is 9.78 Å². The van der Waals surface area contributed by atoms with Crippen molar-refractivity contribution in [1.82, 2.24) is 19.9 Å². The molecule has 0 aliphatic heterocycles. The number of aromatic hydroxyl groups is 1. The summed E-state index contributed by atoms with van der Waals surface area (Å²) in [7, 11) is 1.47. The summed E-state index contributed by atoms with van der Waals surface area (Å²) < 4.78 is 18.8. The summed E-state index contributed by atoms with van der Waals surface area (Å²) >= 11 is 6.04. The highest BCUT2D eigenvalue weighted by Gasteiger charge is 2.15. The molecule has 14 heteroatoms. The molecule has 200 valence electrons. The Morgan fingerprint density at radius 1 is 1.15 bits per heavy atom. The van der Waals surface area contributed by atoms with Gasteiger partial charge in [-0.05, 0) is 70.7 Å². The first-order valence-electron chi connectivity index (χ1n) is 11.3. The number of benzene rings is 3. The zero-order valence-electron chi connectivity index (χ0n) is 20.7. The molecular weight excluding hydrogens is 620 g/mol. The fourth-order valence-electron chi connectivity index (χ4n) is 3.52. The second kappa shape index (κ2) is 11.7. The van der Waals surface area contributed by atoms with Crippen molar-refractivity contribution in [3.05, 3.63) is 69.6 Å². The number of hydrogen-bond acceptors (Lipinski definition) is 12. The van der Waals surface area contributed by atoms with Gasteiger partial charge in [0, 0.05) is 21.7 Å². The van der Waals surface area contributed by atoms with E-state index >= 15 is 0 Å². The minimum Gasteiger partial charge on any atom is -0.504 e. The lowest BCUT2D eigenvalue weighted by Crippen LogP contribution is -2.13. The Labute approximate surface area is 243 Å². The van der Waals surface area contributed by atoms with Gasteiger partial charge in [0.05, 0.1) is 23.5 Å². The Bertz CT molecular complexity index is 1800. The van der Waals surface area contributed by atoms with Crippen LogP contribution < -0.4 is 14.2 Å². The highest BCUT2D eigenvalue weighted by molar-refractivity contribution is 9.10. The van der Waals surface area contributed by atoms with E-state index in [1.54, 1.807) is 59.4 Å². The van der Waals surface area contributed by atoms with E-state index in [1.165, 1.54) is 36.3 Å². The van der Waals surface area contributed by atoms with Crippen molar-refractivity contribution in [3.8, 4) is 40.5 Å². The van der Waals surface area contributed by atoms with Crippen LogP contribution >= 0.6 is 39.0 Å². The number of thiazole rings is 1. The van der Waals surface area contributed by atoms with E-state index in [-0.39, 0.29) is 17.2 Å². The molecule has 0 atom stereocenters. The Morgan fingerprint density at radius 3 is 2.62 bits per heavy atom. The predicted octanol–water partition coefficient (Wildman–Crippen LogP) is 6.09. The van der Waals surface area contributed by atoms with Gasteiger partial charge in [-0.1, -0.05) is 11.8 Å². The van der Waals surface area contributed by atoms with E-state index in [1.807, 2.05) is 12.3 Å². The van der Waals surface area contributed by atoms with Crippen LogP contribution in [-0.2, 0) is 0 Å². The number of hydrogen-bond donors (Lipinski definition) is 1. The third-order valence-corrected chi connectivity index (χ3v) is 7.62. The molecule has 3 aromatic carbocycles. The average molecular weight is 637 g/mol. The number of carbonyl (C=O) groups excluding carboxylic acids is 1. The van der Waals surface area contributed by atoms with Gasteiger partial charge in [-0.15, -0.1) is 21.5 Å². The highest BCUT2D eigenvalue weighted by Crippen LogP contribution is 2.32. The molecule has 0 saturated heterocycles. The largest absolute Gasteiger partial charge is 0.519 e. The molecule has 0 unspecified atom stereocenters. The van der Waals surface area contributed by atoms with Crippen molar-refractivity contribution >= 4 is 61.6 Å². The molecule has 0 saturated carbocycles. The van der Waals surface area contributed by atoms with E-state index in [0.717, 1.165) is 4.70 Å². The maximum atomic E-state index is 12.4. The smallest absolute Gasteiger partial charge is 0.504 e. The van der Waals surface area contributed by atoms with Crippen molar-refractivity contribution in [2.24, 2.45) is 5.10 Å². The molecular formula is C26H17BrN6O5S2. The molecule has 0 radical (unpaired) electrons. The van der Waals surface area contributed by atoms with Crippen LogP contribution in [0, 0.1) is 11.3 Å². The molecule has 0 amide bonds. The molecule has 0 aliphatic carbocycles. The Kier molecular flexibility index (Phi) is 7.96. The molecule has 0 bridgehead atoms. The minimum absolute atomic E-state index is 0.00207. The number of phenolic OH excluding ortho intramolecular Hbond substituents is 1. The van der Waals surface area contributed by atoms with Gasteiger partial charge >= 0.3 is 6.16 Å². The van der Waals surface area contributed by atoms with E-state index in [9.17, 15) is 9.90 Å².